The van der Waals surface area contributed by atoms with Crippen LogP contribution in [-0.4, -0.2) is 60.1 Å². The molecule has 7 rings (SSSR count). The first kappa shape index (κ1) is 34.5. The van der Waals surface area contributed by atoms with Gasteiger partial charge in [0.2, 0.25) is 29.4 Å². The maximum absolute atomic E-state index is 14.5. The molecule has 0 unspecified atom stereocenters. The highest BCUT2D eigenvalue weighted by Gasteiger charge is 2.67. The molecule has 2 aliphatic heterocycles. The molecule has 11 nitrogen and oxygen atoms in total. The Hall–Kier alpha value is -4.98. The third-order valence-electron chi connectivity index (χ3n) is 10.9. The normalized spacial score (nSPS) is 27.0. The van der Waals surface area contributed by atoms with E-state index < -0.39 is 71.6 Å². The smallest absolute Gasteiger partial charge is 0.488 e. The fourth-order valence-corrected chi connectivity index (χ4v) is 8.56. The Kier molecular flexibility index (Phi) is 8.56. The van der Waals surface area contributed by atoms with E-state index in [1.54, 1.807) is 37.3 Å². The third-order valence-corrected chi connectivity index (χ3v) is 11.2. The number of allylic oxidation sites excluding steroid dienone is 3. The number of amides is 4. The summed E-state index contributed by atoms with van der Waals surface area (Å²) in [4.78, 5) is 59.1. The lowest BCUT2D eigenvalue weighted by Crippen LogP contribution is -2.49. The highest BCUT2D eigenvalue weighted by atomic mass is 35.5. The first-order valence-corrected chi connectivity index (χ1v) is 16.7. The molecule has 4 aliphatic rings. The molecule has 4 amide bonds. The topological polar surface area (TPSA) is 154 Å². The SMILES string of the molecule is COc1cc(C=C[C@H]2C3=CC[C@@H]4C(=O)N(c5cccc(B(O)O)c5)C(=O)[C@@H]4[C@@H]3C[C@H]3C(=O)N(c4ccc(F)c(Cl)c4)C(=O)[C@@]23C)cc(OC)c1O. The number of methoxy groups -OCH3 is 2. The number of aromatic hydroxyl groups is 1. The van der Waals surface area contributed by atoms with Crippen LogP contribution in [0.3, 0.4) is 0 Å². The molecule has 0 radical (unpaired) electrons. The van der Waals surface area contributed by atoms with Crippen LogP contribution >= 0.6 is 11.6 Å². The molecular formula is C37H33BClFN2O9. The number of anilines is 2. The molecule has 262 valence electrons. The first-order valence-electron chi connectivity index (χ1n) is 16.3. The fourth-order valence-electron chi connectivity index (χ4n) is 8.39. The van der Waals surface area contributed by atoms with Crippen molar-refractivity contribution in [3.8, 4) is 17.2 Å². The van der Waals surface area contributed by atoms with E-state index in [-0.39, 0.29) is 52.0 Å². The van der Waals surface area contributed by atoms with Crippen molar-refractivity contribution in [1.29, 1.82) is 0 Å². The zero-order valence-corrected chi connectivity index (χ0v) is 28.5. The Bertz CT molecular complexity index is 2050. The molecule has 3 aromatic rings. The van der Waals surface area contributed by atoms with Gasteiger partial charge in [0.1, 0.15) is 5.82 Å². The molecule has 2 aliphatic carbocycles. The number of nitrogens with zero attached hydrogens (tertiary/aromatic N) is 2. The van der Waals surface area contributed by atoms with Crippen LogP contribution in [0.15, 0.2) is 72.3 Å². The van der Waals surface area contributed by atoms with Gasteiger partial charge in [-0.2, -0.15) is 0 Å². The van der Waals surface area contributed by atoms with Crippen LogP contribution in [0.2, 0.25) is 5.02 Å². The first-order chi connectivity index (χ1) is 24.3. The summed E-state index contributed by atoms with van der Waals surface area (Å²) in [6.07, 6.45) is 5.69. The number of carbonyl (C=O) groups is 4. The fraction of sp³-hybridized carbons (Fsp3) is 0.297. The van der Waals surface area contributed by atoms with Gasteiger partial charge in [-0.15, -0.1) is 0 Å². The minimum Gasteiger partial charge on any atom is -0.502 e. The molecule has 0 bridgehead atoms. The van der Waals surface area contributed by atoms with Gasteiger partial charge < -0.3 is 24.6 Å². The van der Waals surface area contributed by atoms with Crippen molar-refractivity contribution in [3.05, 3.63) is 88.7 Å². The number of carbonyl (C=O) groups excluding carboxylic acids is 4. The Morgan fingerprint density at radius 3 is 2.25 bits per heavy atom. The van der Waals surface area contributed by atoms with Gasteiger partial charge in [-0.1, -0.05) is 47.5 Å². The van der Waals surface area contributed by atoms with E-state index >= 15 is 0 Å². The summed E-state index contributed by atoms with van der Waals surface area (Å²) in [5.41, 5.74) is 0.352. The predicted octanol–water partition coefficient (Wildman–Crippen LogP) is 3.86. The average molecular weight is 715 g/mol. The van der Waals surface area contributed by atoms with Crippen LogP contribution in [0.4, 0.5) is 15.8 Å². The lowest BCUT2D eigenvalue weighted by molar-refractivity contribution is -0.132. The maximum atomic E-state index is 14.5. The molecule has 0 spiro atoms. The number of ether oxygens (including phenoxy) is 2. The summed E-state index contributed by atoms with van der Waals surface area (Å²) in [6, 6.07) is 12.7. The number of hydrogen-bond acceptors (Lipinski definition) is 9. The summed E-state index contributed by atoms with van der Waals surface area (Å²) >= 11 is 6.08. The molecule has 6 atom stereocenters. The third kappa shape index (κ3) is 5.25. The standard InChI is InChI=1S/C37H33BClFN2O9/c1-37-25(11-7-18-13-29(50-2)32(43)30(14-18)51-3)22-9-10-23-31(35(46)41(33(23)44)20-6-4-5-19(15-20)38(48)49)24(22)17-26(37)34(45)42(36(37)47)21-8-12-28(40)27(39)16-21/h4-9,11-16,23-26,31,43,48-49H,10,17H2,1-3H3/t23-,24+,25-,26-,31-,37-/m0/s1. The molecule has 3 N–H and O–H groups in total. The van der Waals surface area contributed by atoms with E-state index in [1.807, 2.05) is 6.08 Å². The van der Waals surface area contributed by atoms with Gasteiger partial charge in [-0.3, -0.25) is 24.1 Å². The van der Waals surface area contributed by atoms with Gasteiger partial charge >= 0.3 is 7.12 Å². The summed E-state index contributed by atoms with van der Waals surface area (Å²) in [5, 5.41) is 29.7. The molecule has 51 heavy (non-hydrogen) atoms. The zero-order chi connectivity index (χ0) is 36.5. The molecule has 1 saturated carbocycles. The summed E-state index contributed by atoms with van der Waals surface area (Å²) in [6.45, 7) is 1.71. The highest BCUT2D eigenvalue weighted by Crippen LogP contribution is 2.61. The summed E-state index contributed by atoms with van der Waals surface area (Å²) in [5.74, 6) is -6.45. The number of benzene rings is 3. The van der Waals surface area contributed by atoms with E-state index in [9.17, 15) is 38.7 Å². The van der Waals surface area contributed by atoms with Crippen LogP contribution in [0.25, 0.3) is 6.08 Å². The maximum Gasteiger partial charge on any atom is 0.488 e. The van der Waals surface area contributed by atoms with Crippen molar-refractivity contribution in [3.63, 3.8) is 0 Å². The molecule has 3 fully saturated rings. The quantitative estimate of drug-likeness (QED) is 0.188. The van der Waals surface area contributed by atoms with Crippen LogP contribution < -0.4 is 24.7 Å². The minimum atomic E-state index is -1.81. The second-order valence-corrected chi connectivity index (χ2v) is 13.8. The number of phenolic OH excluding ortho intramolecular Hbond substituents is 1. The van der Waals surface area contributed by atoms with Crippen LogP contribution in [0.5, 0.6) is 17.2 Å². The van der Waals surface area contributed by atoms with Crippen molar-refractivity contribution < 1.29 is 48.2 Å². The van der Waals surface area contributed by atoms with E-state index in [4.69, 9.17) is 21.1 Å². The van der Waals surface area contributed by atoms with Crippen molar-refractivity contribution in [1.82, 2.24) is 0 Å². The van der Waals surface area contributed by atoms with Gasteiger partial charge in [0.05, 0.1) is 53.8 Å². The van der Waals surface area contributed by atoms with E-state index in [2.05, 4.69) is 0 Å². The predicted molar refractivity (Wildman–Crippen MR) is 186 cm³/mol. The molecule has 2 saturated heterocycles. The van der Waals surface area contributed by atoms with Crippen molar-refractivity contribution in [2.75, 3.05) is 24.0 Å². The summed E-state index contributed by atoms with van der Waals surface area (Å²) < 4.78 is 24.8. The number of hydrogen-bond donors (Lipinski definition) is 3. The molecule has 14 heteroatoms. The largest absolute Gasteiger partial charge is 0.502 e. The molecule has 0 aromatic heterocycles. The Balaban J connectivity index is 1.34. The average Bonchev–Trinajstić information content (AvgIpc) is 3.48. The Morgan fingerprint density at radius 1 is 0.922 bits per heavy atom. The number of halogens is 2. The van der Waals surface area contributed by atoms with Gasteiger partial charge in [0.15, 0.2) is 11.5 Å². The van der Waals surface area contributed by atoms with E-state index in [0.717, 1.165) is 21.4 Å². The van der Waals surface area contributed by atoms with E-state index in [1.165, 1.54) is 44.6 Å². The lowest BCUT2D eigenvalue weighted by Gasteiger charge is -2.47. The number of fused-ring (bicyclic) bond motifs is 4. The zero-order valence-electron chi connectivity index (χ0n) is 27.7. The number of imide groups is 2. The lowest BCUT2D eigenvalue weighted by atomic mass is 9.52. The van der Waals surface area contributed by atoms with Crippen molar-refractivity contribution in [2.45, 2.75) is 19.8 Å². The highest BCUT2D eigenvalue weighted by molar-refractivity contribution is 6.58. The van der Waals surface area contributed by atoms with Gasteiger partial charge in [-0.25, -0.2) is 9.29 Å². The monoisotopic (exact) mass is 714 g/mol. The molecule has 2 heterocycles. The van der Waals surface area contributed by atoms with Gasteiger partial charge in [0.25, 0.3) is 0 Å². The van der Waals surface area contributed by atoms with Gasteiger partial charge in [-0.05, 0) is 79.2 Å². The van der Waals surface area contributed by atoms with Crippen LogP contribution in [0.1, 0.15) is 25.3 Å². The summed E-state index contributed by atoms with van der Waals surface area (Å²) in [7, 11) is 0.982. The Morgan fingerprint density at radius 2 is 1.61 bits per heavy atom. The minimum absolute atomic E-state index is 0.0902. The van der Waals surface area contributed by atoms with Gasteiger partial charge in [0, 0.05) is 5.92 Å². The van der Waals surface area contributed by atoms with E-state index in [0.29, 0.717) is 5.56 Å². The van der Waals surface area contributed by atoms with Crippen LogP contribution in [-0.2, 0) is 19.2 Å². The van der Waals surface area contributed by atoms with Crippen molar-refractivity contribution in [2.24, 2.45) is 35.0 Å². The van der Waals surface area contributed by atoms with Crippen molar-refractivity contribution >= 4 is 65.3 Å². The second-order valence-electron chi connectivity index (χ2n) is 13.4. The number of phenols is 1. The Labute approximate surface area is 297 Å². The van der Waals surface area contributed by atoms with Crippen LogP contribution in [0, 0.1) is 40.8 Å². The number of rotatable bonds is 7. The molecule has 3 aromatic carbocycles. The second kappa shape index (κ2) is 12.7. The molecular weight excluding hydrogens is 682 g/mol.